The molecule has 7 nitrogen and oxygen atoms in total. The van der Waals surface area contributed by atoms with E-state index in [1.165, 1.54) is 45.6 Å². The molecule has 2 aromatic rings. The fraction of sp³-hybridized carbons (Fsp3) is 0.364. The lowest BCUT2D eigenvalue weighted by Gasteiger charge is -2.22. The third-order valence-corrected chi connectivity index (χ3v) is 4.54. The summed E-state index contributed by atoms with van der Waals surface area (Å²) in [5.74, 6) is -0.256. The highest BCUT2D eigenvalue weighted by Crippen LogP contribution is 2.38. The molecule has 2 amide bonds. The second-order valence-electron chi connectivity index (χ2n) is 6.95. The molecule has 0 radical (unpaired) electrons. The molecule has 2 aromatic carbocycles. The Hall–Kier alpha value is -3.29. The number of hydrogen-bond acceptors (Lipinski definition) is 5. The summed E-state index contributed by atoms with van der Waals surface area (Å²) in [6.07, 6.45) is 0. The maximum Gasteiger partial charge on any atom is 0.252 e. The maximum absolute atomic E-state index is 13.0. The molecule has 0 aliphatic carbocycles. The van der Waals surface area contributed by atoms with Crippen LogP contribution in [0.1, 0.15) is 29.8 Å². The van der Waals surface area contributed by atoms with Crippen molar-refractivity contribution < 1.29 is 28.2 Å². The summed E-state index contributed by atoms with van der Waals surface area (Å²) in [4.78, 5) is 25.5. The Balaban J connectivity index is 2.14. The van der Waals surface area contributed by atoms with Crippen molar-refractivity contribution in [1.82, 2.24) is 10.6 Å². The number of methoxy groups -OCH3 is 3. The second-order valence-corrected chi connectivity index (χ2v) is 6.95. The number of carbonyl (C=O) groups is 2. The number of amides is 2. The van der Waals surface area contributed by atoms with Gasteiger partial charge >= 0.3 is 0 Å². The first-order chi connectivity index (χ1) is 14.3. The Bertz CT molecular complexity index is 859. The minimum absolute atomic E-state index is 0.163. The zero-order chi connectivity index (χ0) is 22.3. The molecule has 0 bridgehead atoms. The highest BCUT2D eigenvalue weighted by molar-refractivity contribution is 5.98. The van der Waals surface area contributed by atoms with E-state index in [1.807, 2.05) is 13.8 Å². The Morgan fingerprint density at radius 2 is 1.53 bits per heavy atom. The zero-order valence-electron chi connectivity index (χ0n) is 17.7. The molecule has 0 aliphatic heterocycles. The monoisotopic (exact) mass is 418 g/mol. The Labute approximate surface area is 175 Å². The van der Waals surface area contributed by atoms with Gasteiger partial charge in [0.1, 0.15) is 11.9 Å². The van der Waals surface area contributed by atoms with Crippen molar-refractivity contribution in [2.45, 2.75) is 26.4 Å². The lowest BCUT2D eigenvalue weighted by atomic mass is 10.0. The van der Waals surface area contributed by atoms with E-state index in [0.717, 1.165) is 5.56 Å². The SMILES string of the molecule is COc1cc(C(=O)NC(C(=O)NCc2ccc(F)cc2)C(C)C)cc(OC)c1OC. The molecule has 8 heteroatoms. The van der Waals surface area contributed by atoms with Crippen LogP contribution in [0, 0.1) is 11.7 Å². The summed E-state index contributed by atoms with van der Waals surface area (Å²) in [5.41, 5.74) is 1.02. The van der Waals surface area contributed by atoms with Crippen molar-refractivity contribution in [2.24, 2.45) is 5.92 Å². The summed E-state index contributed by atoms with van der Waals surface area (Å²) >= 11 is 0. The van der Waals surface area contributed by atoms with Crippen LogP contribution in [0.3, 0.4) is 0 Å². The summed E-state index contributed by atoms with van der Waals surface area (Å²) < 4.78 is 28.8. The molecular weight excluding hydrogens is 391 g/mol. The molecule has 0 aromatic heterocycles. The summed E-state index contributed by atoms with van der Waals surface area (Å²) in [7, 11) is 4.39. The van der Waals surface area contributed by atoms with Gasteiger partial charge in [-0.25, -0.2) is 4.39 Å². The maximum atomic E-state index is 13.0. The fourth-order valence-electron chi connectivity index (χ4n) is 2.87. The summed E-state index contributed by atoms with van der Waals surface area (Å²) in [6, 6.07) is 8.11. The van der Waals surface area contributed by atoms with E-state index in [1.54, 1.807) is 12.1 Å². The van der Waals surface area contributed by atoms with Gasteiger partial charge < -0.3 is 24.8 Å². The predicted octanol–water partition coefficient (Wildman–Crippen LogP) is 2.92. The topological polar surface area (TPSA) is 85.9 Å². The fourth-order valence-corrected chi connectivity index (χ4v) is 2.87. The third kappa shape index (κ3) is 5.62. The van der Waals surface area contributed by atoms with Gasteiger partial charge in [-0.05, 0) is 35.7 Å². The molecule has 30 heavy (non-hydrogen) atoms. The number of nitrogens with one attached hydrogen (secondary N) is 2. The minimum atomic E-state index is -0.767. The van der Waals surface area contributed by atoms with Crippen LogP contribution >= 0.6 is 0 Å². The molecule has 162 valence electrons. The first-order valence-electron chi connectivity index (χ1n) is 9.43. The van der Waals surface area contributed by atoms with Crippen molar-refractivity contribution >= 4 is 11.8 Å². The van der Waals surface area contributed by atoms with Crippen molar-refractivity contribution in [3.63, 3.8) is 0 Å². The molecule has 0 spiro atoms. The molecule has 0 saturated heterocycles. The average Bonchev–Trinajstić information content (AvgIpc) is 2.75. The van der Waals surface area contributed by atoms with E-state index >= 15 is 0 Å². The molecule has 2 rings (SSSR count). The highest BCUT2D eigenvalue weighted by Gasteiger charge is 2.26. The number of rotatable bonds is 9. The van der Waals surface area contributed by atoms with Gasteiger partial charge in [-0.15, -0.1) is 0 Å². The van der Waals surface area contributed by atoms with E-state index < -0.39 is 11.9 Å². The van der Waals surface area contributed by atoms with Crippen LogP contribution in [0.25, 0.3) is 0 Å². The van der Waals surface area contributed by atoms with E-state index in [9.17, 15) is 14.0 Å². The van der Waals surface area contributed by atoms with Crippen LogP contribution in [0.5, 0.6) is 17.2 Å². The Kier molecular flexibility index (Phi) is 8.03. The first kappa shape index (κ1) is 23.0. The third-order valence-electron chi connectivity index (χ3n) is 4.54. The number of ether oxygens (including phenoxy) is 3. The van der Waals surface area contributed by atoms with Gasteiger partial charge in [0.15, 0.2) is 11.5 Å². The number of carbonyl (C=O) groups excluding carboxylic acids is 2. The van der Waals surface area contributed by atoms with Crippen LogP contribution in [-0.2, 0) is 11.3 Å². The van der Waals surface area contributed by atoms with Gasteiger partial charge in [0.25, 0.3) is 5.91 Å². The van der Waals surface area contributed by atoms with Crippen LogP contribution < -0.4 is 24.8 Å². The molecule has 0 saturated carbocycles. The molecule has 0 heterocycles. The van der Waals surface area contributed by atoms with E-state index in [2.05, 4.69) is 10.6 Å². The predicted molar refractivity (Wildman–Crippen MR) is 110 cm³/mol. The van der Waals surface area contributed by atoms with Crippen molar-refractivity contribution in [2.75, 3.05) is 21.3 Å². The lowest BCUT2D eigenvalue weighted by molar-refractivity contribution is -0.124. The molecule has 1 atom stereocenters. The van der Waals surface area contributed by atoms with Crippen molar-refractivity contribution in [3.05, 3.63) is 53.3 Å². The Morgan fingerprint density at radius 1 is 0.967 bits per heavy atom. The van der Waals surface area contributed by atoms with E-state index in [4.69, 9.17) is 14.2 Å². The van der Waals surface area contributed by atoms with Gasteiger partial charge in [-0.3, -0.25) is 9.59 Å². The highest BCUT2D eigenvalue weighted by atomic mass is 19.1. The van der Waals surface area contributed by atoms with Gasteiger partial charge in [-0.2, -0.15) is 0 Å². The minimum Gasteiger partial charge on any atom is -0.493 e. The first-order valence-corrected chi connectivity index (χ1v) is 9.43. The summed E-state index contributed by atoms with van der Waals surface area (Å²) in [5, 5.41) is 5.53. The Morgan fingerprint density at radius 3 is 2.00 bits per heavy atom. The molecule has 0 fully saturated rings. The molecule has 1 unspecified atom stereocenters. The van der Waals surface area contributed by atoms with Gasteiger partial charge in [0.05, 0.1) is 21.3 Å². The van der Waals surface area contributed by atoms with Crippen LogP contribution in [0.2, 0.25) is 0 Å². The smallest absolute Gasteiger partial charge is 0.252 e. The van der Waals surface area contributed by atoms with Crippen molar-refractivity contribution in [3.8, 4) is 17.2 Å². The molecule has 0 aliphatic rings. The molecular formula is C22H27FN2O5. The second kappa shape index (κ2) is 10.5. The molecule has 2 N–H and O–H groups in total. The van der Waals surface area contributed by atoms with Crippen LogP contribution in [0.4, 0.5) is 4.39 Å². The largest absolute Gasteiger partial charge is 0.493 e. The summed E-state index contributed by atoms with van der Waals surface area (Å²) in [6.45, 7) is 3.89. The quantitative estimate of drug-likeness (QED) is 0.654. The van der Waals surface area contributed by atoms with E-state index in [0.29, 0.717) is 17.2 Å². The number of benzene rings is 2. The average molecular weight is 418 g/mol. The van der Waals surface area contributed by atoms with Gasteiger partial charge in [0.2, 0.25) is 11.7 Å². The normalized spacial score (nSPS) is 11.6. The lowest BCUT2D eigenvalue weighted by Crippen LogP contribution is -2.49. The van der Waals surface area contributed by atoms with Crippen LogP contribution in [0.15, 0.2) is 36.4 Å². The number of halogens is 1. The standard InChI is InChI=1S/C22H27FN2O5/c1-13(2)19(22(27)24-12-14-6-8-16(23)9-7-14)25-21(26)15-10-17(28-3)20(30-5)18(11-15)29-4/h6-11,13,19H,12H2,1-5H3,(H,24,27)(H,25,26). The van der Waals surface area contributed by atoms with Gasteiger partial charge in [-0.1, -0.05) is 26.0 Å². The van der Waals surface area contributed by atoms with Crippen LogP contribution in [-0.4, -0.2) is 39.2 Å². The van der Waals surface area contributed by atoms with E-state index in [-0.39, 0.29) is 29.8 Å². The number of hydrogen-bond donors (Lipinski definition) is 2. The van der Waals surface area contributed by atoms with Gasteiger partial charge in [0, 0.05) is 12.1 Å². The van der Waals surface area contributed by atoms with Crippen molar-refractivity contribution in [1.29, 1.82) is 0 Å². The zero-order valence-corrected chi connectivity index (χ0v) is 17.7.